The summed E-state index contributed by atoms with van der Waals surface area (Å²) in [6.07, 6.45) is -0.626. The number of carbonyl (C=O) groups excluding carboxylic acids is 1. The van der Waals surface area contributed by atoms with Crippen LogP contribution in [0.5, 0.6) is 0 Å². The molecule has 0 fully saturated rings. The summed E-state index contributed by atoms with van der Waals surface area (Å²) in [5.74, 6) is -0.282. The van der Waals surface area contributed by atoms with E-state index in [4.69, 9.17) is 11.6 Å². The first-order valence-electron chi connectivity index (χ1n) is 8.37. The first-order valence-corrected chi connectivity index (χ1v) is 10.4. The Kier molecular flexibility index (Phi) is 7.31. The second-order valence-corrected chi connectivity index (χ2v) is 9.80. The van der Waals surface area contributed by atoms with Crippen LogP contribution in [0, 0.1) is 5.41 Å². The Morgan fingerprint density at radius 3 is 2.33 bits per heavy atom. The van der Waals surface area contributed by atoms with Gasteiger partial charge in [0.1, 0.15) is 4.34 Å². The van der Waals surface area contributed by atoms with Gasteiger partial charge in [-0.1, -0.05) is 62.7 Å². The van der Waals surface area contributed by atoms with Crippen molar-refractivity contribution in [2.45, 2.75) is 39.3 Å². The predicted octanol–water partition coefficient (Wildman–Crippen LogP) is 5.19. The molecule has 0 spiro atoms. The summed E-state index contributed by atoms with van der Waals surface area (Å²) in [6.45, 7) is 5.82. The van der Waals surface area contributed by atoms with Crippen LogP contribution < -0.4 is 10.6 Å². The molecule has 0 radical (unpaired) electrons. The molecule has 0 bridgehead atoms. The molecule has 1 aromatic heterocycles. The molecule has 3 N–H and O–H groups in total. The largest absolute Gasteiger partial charge is 0.465 e. The van der Waals surface area contributed by atoms with Crippen molar-refractivity contribution in [1.82, 2.24) is 10.6 Å². The lowest BCUT2D eigenvalue weighted by Gasteiger charge is -2.37. The number of thiophene rings is 1. The molecule has 1 heterocycles. The van der Waals surface area contributed by atoms with E-state index in [0.29, 0.717) is 20.1 Å². The van der Waals surface area contributed by atoms with E-state index in [0.717, 1.165) is 5.56 Å². The first kappa shape index (κ1) is 21.7. The maximum atomic E-state index is 12.8. The number of halogens is 2. The van der Waals surface area contributed by atoms with Crippen LogP contribution in [-0.4, -0.2) is 29.2 Å². The number of rotatable bonds is 6. The van der Waals surface area contributed by atoms with Gasteiger partial charge in [-0.05, 0) is 39.4 Å². The van der Waals surface area contributed by atoms with Crippen LogP contribution in [0.2, 0.25) is 4.34 Å². The van der Waals surface area contributed by atoms with Crippen LogP contribution in [0.15, 0.2) is 40.9 Å². The summed E-state index contributed by atoms with van der Waals surface area (Å²) in [7, 11) is 0. The quantitative estimate of drug-likeness (QED) is 0.540. The molecule has 1 aromatic carbocycles. The van der Waals surface area contributed by atoms with Gasteiger partial charge in [-0.25, -0.2) is 4.79 Å². The number of carbonyl (C=O) groups is 2. The van der Waals surface area contributed by atoms with Crippen LogP contribution >= 0.6 is 38.9 Å². The summed E-state index contributed by atoms with van der Waals surface area (Å²) in [4.78, 5) is 24.6. The third kappa shape index (κ3) is 6.23. The summed E-state index contributed by atoms with van der Waals surface area (Å²) >= 11 is 10.5. The molecular formula is C19H22BrClN2O3S. The van der Waals surface area contributed by atoms with E-state index in [1.807, 2.05) is 51.1 Å². The summed E-state index contributed by atoms with van der Waals surface area (Å²) in [5, 5.41) is 14.9. The van der Waals surface area contributed by atoms with E-state index in [1.54, 1.807) is 6.07 Å². The van der Waals surface area contributed by atoms with Gasteiger partial charge in [0.15, 0.2) is 0 Å². The molecule has 8 heteroatoms. The minimum atomic E-state index is -1.12. The fourth-order valence-electron chi connectivity index (χ4n) is 2.87. The highest BCUT2D eigenvalue weighted by atomic mass is 79.9. The zero-order valence-corrected chi connectivity index (χ0v) is 18.4. The van der Waals surface area contributed by atoms with E-state index >= 15 is 0 Å². The predicted molar refractivity (Wildman–Crippen MR) is 113 cm³/mol. The minimum absolute atomic E-state index is 0.282. The van der Waals surface area contributed by atoms with Gasteiger partial charge < -0.3 is 15.7 Å². The Hall–Kier alpha value is -1.57. The van der Waals surface area contributed by atoms with Crippen molar-refractivity contribution in [3.05, 3.63) is 55.6 Å². The maximum Gasteiger partial charge on any atom is 0.404 e. The molecule has 2 aromatic rings. The number of nitrogens with one attached hydrogen (secondary N) is 2. The molecule has 5 nitrogen and oxygen atoms in total. The topological polar surface area (TPSA) is 78.4 Å². The van der Waals surface area contributed by atoms with Gasteiger partial charge in [0.05, 0.1) is 17.0 Å². The zero-order valence-electron chi connectivity index (χ0n) is 15.3. The third-order valence-corrected chi connectivity index (χ3v) is 6.57. The third-order valence-electron chi connectivity index (χ3n) is 4.10. The van der Waals surface area contributed by atoms with Crippen LogP contribution in [0.25, 0.3) is 0 Å². The molecule has 27 heavy (non-hydrogen) atoms. The van der Waals surface area contributed by atoms with E-state index in [1.165, 1.54) is 11.3 Å². The van der Waals surface area contributed by atoms with Crippen molar-refractivity contribution < 1.29 is 14.7 Å². The lowest BCUT2D eigenvalue weighted by molar-refractivity contribution is 0.0905. The highest BCUT2D eigenvalue weighted by molar-refractivity contribution is 9.10. The van der Waals surface area contributed by atoms with Gasteiger partial charge in [-0.3, -0.25) is 4.79 Å². The van der Waals surface area contributed by atoms with Crippen molar-refractivity contribution in [3.8, 4) is 0 Å². The molecule has 146 valence electrons. The summed E-state index contributed by atoms with van der Waals surface area (Å²) < 4.78 is 1.16. The Balaban J connectivity index is 2.32. The van der Waals surface area contributed by atoms with Crippen molar-refractivity contribution in [1.29, 1.82) is 0 Å². The molecule has 2 rings (SSSR count). The van der Waals surface area contributed by atoms with Crippen LogP contribution in [0.3, 0.4) is 0 Å². The van der Waals surface area contributed by atoms with E-state index < -0.39 is 23.6 Å². The van der Waals surface area contributed by atoms with Crippen LogP contribution in [0.1, 0.15) is 36.0 Å². The molecule has 2 amide bonds. The molecule has 2 atom stereocenters. The van der Waals surface area contributed by atoms with Gasteiger partial charge in [0, 0.05) is 4.47 Å². The number of hydrogen-bond acceptors (Lipinski definition) is 3. The Labute approximate surface area is 176 Å². The molecular weight excluding hydrogens is 452 g/mol. The summed E-state index contributed by atoms with van der Waals surface area (Å²) in [5.41, 5.74) is 0.605. The average Bonchev–Trinajstić information content (AvgIpc) is 2.91. The molecule has 0 saturated heterocycles. The fourth-order valence-corrected chi connectivity index (χ4v) is 4.48. The van der Waals surface area contributed by atoms with Crippen molar-refractivity contribution in [2.75, 3.05) is 0 Å². The SMILES string of the molecule is CC(C)(C)C(NC(=O)O)C(Cc1ccccc1)NC(=O)c1cc(Br)c(Cl)s1. The highest BCUT2D eigenvalue weighted by Gasteiger charge is 2.35. The zero-order chi connectivity index (χ0) is 20.2. The fraction of sp³-hybridized carbons (Fsp3) is 0.368. The van der Waals surface area contributed by atoms with E-state index in [9.17, 15) is 14.7 Å². The summed E-state index contributed by atoms with van der Waals surface area (Å²) in [6, 6.07) is 10.4. The molecule has 0 aliphatic rings. The highest BCUT2D eigenvalue weighted by Crippen LogP contribution is 2.32. The normalized spacial score (nSPS) is 13.7. The Morgan fingerprint density at radius 2 is 1.85 bits per heavy atom. The lowest BCUT2D eigenvalue weighted by Crippen LogP contribution is -2.58. The van der Waals surface area contributed by atoms with Crippen molar-refractivity contribution in [2.24, 2.45) is 5.41 Å². The molecule has 0 saturated carbocycles. The van der Waals surface area contributed by atoms with Gasteiger partial charge in [0.2, 0.25) is 0 Å². The van der Waals surface area contributed by atoms with Crippen molar-refractivity contribution in [3.63, 3.8) is 0 Å². The van der Waals surface area contributed by atoms with Gasteiger partial charge in [-0.15, -0.1) is 11.3 Å². The molecule has 0 aliphatic carbocycles. The first-order chi connectivity index (χ1) is 12.6. The smallest absolute Gasteiger partial charge is 0.404 e. The van der Waals surface area contributed by atoms with E-state index in [-0.39, 0.29) is 5.91 Å². The van der Waals surface area contributed by atoms with Gasteiger partial charge >= 0.3 is 6.09 Å². The Bertz CT molecular complexity index is 786. The minimum Gasteiger partial charge on any atom is -0.465 e. The monoisotopic (exact) mass is 472 g/mol. The van der Waals surface area contributed by atoms with Gasteiger partial charge in [0.25, 0.3) is 5.91 Å². The van der Waals surface area contributed by atoms with E-state index in [2.05, 4.69) is 26.6 Å². The van der Waals surface area contributed by atoms with Crippen LogP contribution in [-0.2, 0) is 6.42 Å². The number of amides is 2. The molecule has 0 aliphatic heterocycles. The second kappa shape index (κ2) is 9.08. The van der Waals surface area contributed by atoms with Crippen molar-refractivity contribution >= 4 is 50.9 Å². The number of hydrogen-bond donors (Lipinski definition) is 3. The lowest BCUT2D eigenvalue weighted by atomic mass is 9.80. The maximum absolute atomic E-state index is 12.8. The average molecular weight is 474 g/mol. The molecule has 2 unspecified atom stereocenters. The van der Waals surface area contributed by atoms with Gasteiger partial charge in [-0.2, -0.15) is 0 Å². The second-order valence-electron chi connectivity index (χ2n) is 7.30. The standard InChI is InChI=1S/C19H22BrClN2O3S/c1-19(2,3)15(23-18(25)26)13(9-11-7-5-4-6-8-11)22-17(24)14-10-12(20)16(21)27-14/h4-8,10,13,15,23H,9H2,1-3H3,(H,22,24)(H,25,26). The number of benzene rings is 1. The Morgan fingerprint density at radius 1 is 1.22 bits per heavy atom. The van der Waals surface area contributed by atoms with Crippen LogP contribution in [0.4, 0.5) is 4.79 Å². The number of carboxylic acid groups (broad SMARTS) is 1.